The SMILES string of the molecule is Cc1ccc(C=CC(=O)N(Cc2ccc(-n3cccn3)cc2)[C@@H](Cc2ccccc2)C(=O)N2CCc3ccccc3C2)cn1. The average molecular weight is 582 g/mol. The van der Waals surface area contributed by atoms with Crippen molar-refractivity contribution in [3.63, 3.8) is 0 Å². The summed E-state index contributed by atoms with van der Waals surface area (Å²) < 4.78 is 1.79. The van der Waals surface area contributed by atoms with Crippen molar-refractivity contribution >= 4 is 17.9 Å². The summed E-state index contributed by atoms with van der Waals surface area (Å²) in [5.74, 6) is -0.274. The van der Waals surface area contributed by atoms with Crippen LogP contribution >= 0.6 is 0 Å². The van der Waals surface area contributed by atoms with Gasteiger partial charge in [-0.25, -0.2) is 4.68 Å². The summed E-state index contributed by atoms with van der Waals surface area (Å²) in [7, 11) is 0. The lowest BCUT2D eigenvalue weighted by Gasteiger charge is -2.37. The Balaban J connectivity index is 1.34. The van der Waals surface area contributed by atoms with Crippen LogP contribution in [0.5, 0.6) is 0 Å². The topological polar surface area (TPSA) is 71.3 Å². The Morgan fingerprint density at radius 1 is 0.886 bits per heavy atom. The van der Waals surface area contributed by atoms with Crippen molar-refractivity contribution in [3.8, 4) is 5.69 Å². The molecule has 0 unspecified atom stereocenters. The van der Waals surface area contributed by atoms with E-state index in [1.54, 1.807) is 34.1 Å². The number of pyridine rings is 1. The smallest absolute Gasteiger partial charge is 0.247 e. The highest BCUT2D eigenvalue weighted by Crippen LogP contribution is 2.23. The largest absolute Gasteiger partial charge is 0.336 e. The molecule has 5 aromatic rings. The van der Waals surface area contributed by atoms with E-state index in [1.165, 1.54) is 5.56 Å². The number of amides is 2. The van der Waals surface area contributed by atoms with E-state index in [4.69, 9.17) is 0 Å². The van der Waals surface area contributed by atoms with E-state index in [1.807, 2.05) is 103 Å². The van der Waals surface area contributed by atoms with Gasteiger partial charge in [-0.3, -0.25) is 14.6 Å². The summed E-state index contributed by atoms with van der Waals surface area (Å²) in [5, 5.41) is 4.32. The molecule has 3 aromatic carbocycles. The minimum Gasteiger partial charge on any atom is -0.336 e. The first kappa shape index (κ1) is 28.8. The summed E-state index contributed by atoms with van der Waals surface area (Å²) in [6.07, 6.45) is 9.90. The van der Waals surface area contributed by atoms with Crippen molar-refractivity contribution in [2.75, 3.05) is 6.54 Å². The third-order valence-corrected chi connectivity index (χ3v) is 8.07. The number of benzene rings is 3. The van der Waals surface area contributed by atoms with Gasteiger partial charge in [-0.2, -0.15) is 5.10 Å². The molecule has 2 aromatic heterocycles. The fourth-order valence-electron chi connectivity index (χ4n) is 5.62. The third kappa shape index (κ3) is 6.84. The zero-order valence-electron chi connectivity index (χ0n) is 24.8. The second-order valence-corrected chi connectivity index (χ2v) is 11.1. The van der Waals surface area contributed by atoms with Crippen LogP contribution in [0, 0.1) is 6.92 Å². The molecule has 220 valence electrons. The van der Waals surface area contributed by atoms with Gasteiger partial charge < -0.3 is 9.80 Å². The molecule has 3 heterocycles. The maximum Gasteiger partial charge on any atom is 0.247 e. The Morgan fingerprint density at radius 3 is 2.39 bits per heavy atom. The number of hydrogen-bond donors (Lipinski definition) is 0. The van der Waals surface area contributed by atoms with Crippen LogP contribution in [0.2, 0.25) is 0 Å². The van der Waals surface area contributed by atoms with E-state index >= 15 is 0 Å². The van der Waals surface area contributed by atoms with Crippen molar-refractivity contribution in [1.29, 1.82) is 0 Å². The van der Waals surface area contributed by atoms with E-state index in [9.17, 15) is 9.59 Å². The van der Waals surface area contributed by atoms with E-state index in [2.05, 4.69) is 22.2 Å². The van der Waals surface area contributed by atoms with Crippen LogP contribution in [0.4, 0.5) is 0 Å². The maximum atomic E-state index is 14.5. The predicted molar refractivity (Wildman–Crippen MR) is 172 cm³/mol. The number of carbonyl (C=O) groups is 2. The number of aryl methyl sites for hydroxylation is 1. The molecule has 7 nitrogen and oxygen atoms in total. The molecule has 6 rings (SSSR count). The number of carbonyl (C=O) groups excluding carboxylic acids is 2. The van der Waals surface area contributed by atoms with Crippen LogP contribution in [0.15, 0.2) is 122 Å². The van der Waals surface area contributed by atoms with Crippen molar-refractivity contribution in [2.24, 2.45) is 0 Å². The molecule has 0 aliphatic carbocycles. The third-order valence-electron chi connectivity index (χ3n) is 8.07. The number of hydrogen-bond acceptors (Lipinski definition) is 4. The highest BCUT2D eigenvalue weighted by Gasteiger charge is 2.34. The quantitative estimate of drug-likeness (QED) is 0.206. The molecule has 0 saturated heterocycles. The highest BCUT2D eigenvalue weighted by molar-refractivity contribution is 5.95. The summed E-state index contributed by atoms with van der Waals surface area (Å²) in [6.45, 7) is 3.36. The van der Waals surface area contributed by atoms with Gasteiger partial charge in [-0.15, -0.1) is 0 Å². The molecular formula is C37H35N5O2. The van der Waals surface area contributed by atoms with Crippen LogP contribution in [-0.4, -0.2) is 49.0 Å². The molecular weight excluding hydrogens is 546 g/mol. The molecule has 0 saturated carbocycles. The fraction of sp³-hybridized carbons (Fsp3) is 0.189. The van der Waals surface area contributed by atoms with Gasteiger partial charge in [0.15, 0.2) is 0 Å². The number of nitrogens with zero attached hydrogens (tertiary/aromatic N) is 5. The van der Waals surface area contributed by atoms with E-state index in [0.29, 0.717) is 19.5 Å². The first-order valence-electron chi connectivity index (χ1n) is 14.9. The lowest BCUT2D eigenvalue weighted by molar-refractivity contribution is -0.144. The molecule has 7 heteroatoms. The highest BCUT2D eigenvalue weighted by atomic mass is 16.2. The Morgan fingerprint density at radius 2 is 1.66 bits per heavy atom. The van der Waals surface area contributed by atoms with Gasteiger partial charge in [-0.05, 0) is 71.5 Å². The standard InChI is InChI=1S/C37H35N5O2/c1-28-12-13-30(25-38-28)16-19-36(43)41(26-31-14-17-34(18-15-31)42-22-7-21-39-42)35(24-29-8-3-2-4-9-29)37(44)40-23-20-32-10-5-6-11-33(32)27-40/h2-19,21-22,25,35H,20,23-24,26-27H2,1H3/t35-/m0/s1. The number of fused-ring (bicyclic) bond motifs is 1. The predicted octanol–water partition coefficient (Wildman–Crippen LogP) is 5.81. The van der Waals surface area contributed by atoms with Gasteiger partial charge in [-0.1, -0.05) is 72.8 Å². The molecule has 0 N–H and O–H groups in total. The van der Waals surface area contributed by atoms with Gasteiger partial charge in [0.25, 0.3) is 0 Å². The van der Waals surface area contributed by atoms with E-state index in [0.717, 1.165) is 40.1 Å². The molecule has 0 spiro atoms. The van der Waals surface area contributed by atoms with Gasteiger partial charge in [0.1, 0.15) is 6.04 Å². The Hall–Kier alpha value is -5.30. The zero-order valence-corrected chi connectivity index (χ0v) is 24.8. The molecule has 1 aliphatic heterocycles. The van der Waals surface area contributed by atoms with Crippen molar-refractivity contribution in [2.45, 2.75) is 38.9 Å². The second-order valence-electron chi connectivity index (χ2n) is 11.1. The van der Waals surface area contributed by atoms with Crippen LogP contribution in [0.1, 0.15) is 33.5 Å². The molecule has 44 heavy (non-hydrogen) atoms. The molecule has 1 aliphatic rings. The van der Waals surface area contributed by atoms with Gasteiger partial charge in [0.2, 0.25) is 11.8 Å². The molecule has 0 fully saturated rings. The maximum absolute atomic E-state index is 14.5. The lowest BCUT2D eigenvalue weighted by atomic mass is 9.97. The van der Waals surface area contributed by atoms with Crippen LogP contribution in [0.3, 0.4) is 0 Å². The molecule has 0 radical (unpaired) electrons. The summed E-state index contributed by atoms with van der Waals surface area (Å²) in [6, 6.07) is 31.2. The fourth-order valence-corrected chi connectivity index (χ4v) is 5.62. The Bertz CT molecular complexity index is 1730. The zero-order chi connectivity index (χ0) is 30.3. The monoisotopic (exact) mass is 581 g/mol. The number of aromatic nitrogens is 3. The Kier molecular flexibility index (Phi) is 8.73. The summed E-state index contributed by atoms with van der Waals surface area (Å²) in [5.41, 5.74) is 7.01. The summed E-state index contributed by atoms with van der Waals surface area (Å²) >= 11 is 0. The second kappa shape index (κ2) is 13.3. The van der Waals surface area contributed by atoms with E-state index < -0.39 is 6.04 Å². The molecule has 0 bridgehead atoms. The molecule has 2 amide bonds. The Labute approximate surface area is 258 Å². The summed E-state index contributed by atoms with van der Waals surface area (Å²) in [4.78, 5) is 36.5. The minimum absolute atomic E-state index is 0.0460. The van der Waals surface area contributed by atoms with E-state index in [-0.39, 0.29) is 18.4 Å². The average Bonchev–Trinajstić information content (AvgIpc) is 3.61. The van der Waals surface area contributed by atoms with Crippen LogP contribution in [-0.2, 0) is 35.5 Å². The van der Waals surface area contributed by atoms with Gasteiger partial charge >= 0.3 is 0 Å². The van der Waals surface area contributed by atoms with Gasteiger partial charge in [0.05, 0.1) is 5.69 Å². The first-order chi connectivity index (χ1) is 21.5. The van der Waals surface area contributed by atoms with Crippen molar-refractivity contribution in [3.05, 3.63) is 155 Å². The van der Waals surface area contributed by atoms with Gasteiger partial charge in [0, 0.05) is 56.4 Å². The van der Waals surface area contributed by atoms with Crippen molar-refractivity contribution < 1.29 is 9.59 Å². The molecule has 1 atom stereocenters. The first-order valence-corrected chi connectivity index (χ1v) is 14.9. The van der Waals surface area contributed by atoms with Crippen molar-refractivity contribution in [1.82, 2.24) is 24.6 Å². The normalized spacial score (nSPS) is 13.4. The van der Waals surface area contributed by atoms with Crippen LogP contribution in [0.25, 0.3) is 11.8 Å². The number of rotatable bonds is 9. The minimum atomic E-state index is -0.693. The lowest BCUT2D eigenvalue weighted by Crippen LogP contribution is -2.52. The van der Waals surface area contributed by atoms with Crippen LogP contribution < -0.4 is 0 Å².